The Morgan fingerprint density at radius 1 is 1.39 bits per heavy atom. The molecule has 1 N–H and O–H groups in total. The molecule has 1 aromatic carbocycles. The number of benzene rings is 1. The number of aliphatic hydroxyl groups is 1. The summed E-state index contributed by atoms with van der Waals surface area (Å²) in [5.74, 6) is 1.63. The quantitative estimate of drug-likeness (QED) is 0.507. The Bertz CT molecular complexity index is 670. The van der Waals surface area contributed by atoms with E-state index in [1.807, 2.05) is 12.1 Å². The van der Waals surface area contributed by atoms with Crippen molar-refractivity contribution in [3.63, 3.8) is 0 Å². The van der Waals surface area contributed by atoms with Crippen LogP contribution in [0.2, 0.25) is 0 Å². The van der Waals surface area contributed by atoms with Gasteiger partial charge in [0.25, 0.3) is 0 Å². The number of aliphatic hydroxyl groups excluding tert-OH is 1. The SMILES string of the molecule is C.COc1ccc2c3c1O[C@H]1C[C@@H](O)C=C[C@@]31CC[N+](C)=C2.[Br-]. The van der Waals surface area contributed by atoms with Crippen molar-refractivity contribution in [1.82, 2.24) is 0 Å². The first-order chi connectivity index (χ1) is 10.1. The normalized spacial score (nSPS) is 29.8. The van der Waals surface area contributed by atoms with Gasteiger partial charge in [-0.15, -0.1) is 0 Å². The summed E-state index contributed by atoms with van der Waals surface area (Å²) >= 11 is 0. The van der Waals surface area contributed by atoms with Crippen LogP contribution in [0.15, 0.2) is 24.3 Å². The van der Waals surface area contributed by atoms with E-state index in [0.717, 1.165) is 24.5 Å². The molecule has 1 aromatic rings. The Morgan fingerprint density at radius 2 is 2.17 bits per heavy atom. The van der Waals surface area contributed by atoms with Crippen molar-refractivity contribution < 1.29 is 36.1 Å². The van der Waals surface area contributed by atoms with Crippen LogP contribution in [0.1, 0.15) is 31.4 Å². The lowest BCUT2D eigenvalue weighted by molar-refractivity contribution is -0.493. The Kier molecular flexibility index (Phi) is 4.92. The van der Waals surface area contributed by atoms with Gasteiger partial charge in [-0.25, -0.2) is 4.58 Å². The summed E-state index contributed by atoms with van der Waals surface area (Å²) in [6.07, 6.45) is 7.45. The van der Waals surface area contributed by atoms with Gasteiger partial charge in [-0.05, 0) is 12.1 Å². The highest BCUT2D eigenvalue weighted by atomic mass is 79.9. The van der Waals surface area contributed by atoms with Crippen LogP contribution in [0.25, 0.3) is 0 Å². The average Bonchev–Trinajstić information content (AvgIpc) is 2.72. The zero-order chi connectivity index (χ0) is 14.6. The van der Waals surface area contributed by atoms with Gasteiger partial charge in [0.15, 0.2) is 17.7 Å². The number of ether oxygens (including phenoxy) is 2. The van der Waals surface area contributed by atoms with Gasteiger partial charge >= 0.3 is 0 Å². The van der Waals surface area contributed by atoms with Gasteiger partial charge in [-0.1, -0.05) is 19.6 Å². The van der Waals surface area contributed by atoms with Crippen LogP contribution in [-0.2, 0) is 5.41 Å². The molecule has 3 aliphatic rings. The Hall–Kier alpha value is -1.33. The highest BCUT2D eigenvalue weighted by Crippen LogP contribution is 2.54. The lowest BCUT2D eigenvalue weighted by Crippen LogP contribution is -3.00. The van der Waals surface area contributed by atoms with Crippen molar-refractivity contribution in [3.05, 3.63) is 35.4 Å². The van der Waals surface area contributed by atoms with Crippen molar-refractivity contribution in [2.75, 3.05) is 20.7 Å². The van der Waals surface area contributed by atoms with E-state index in [9.17, 15) is 5.11 Å². The topological polar surface area (TPSA) is 41.7 Å². The minimum atomic E-state index is -0.422. The van der Waals surface area contributed by atoms with E-state index in [2.05, 4.69) is 30.0 Å². The largest absolute Gasteiger partial charge is 1.00 e. The molecule has 4 rings (SSSR count). The first kappa shape index (κ1) is 18.0. The van der Waals surface area contributed by atoms with Crippen LogP contribution in [-0.4, -0.2) is 48.8 Å². The third-order valence-electron chi connectivity index (χ3n) is 4.98. The smallest absolute Gasteiger partial charge is 0.170 e. The molecule has 5 heteroatoms. The van der Waals surface area contributed by atoms with Gasteiger partial charge in [0.05, 0.1) is 18.6 Å². The highest BCUT2D eigenvalue weighted by Gasteiger charge is 2.53. The maximum absolute atomic E-state index is 9.97. The second-order valence-corrected chi connectivity index (χ2v) is 6.23. The summed E-state index contributed by atoms with van der Waals surface area (Å²) in [6.45, 7) is 0.969. The summed E-state index contributed by atoms with van der Waals surface area (Å²) in [4.78, 5) is 0. The highest BCUT2D eigenvalue weighted by molar-refractivity contribution is 5.83. The van der Waals surface area contributed by atoms with E-state index in [0.29, 0.717) is 6.42 Å². The van der Waals surface area contributed by atoms with E-state index in [4.69, 9.17) is 9.47 Å². The van der Waals surface area contributed by atoms with Gasteiger partial charge in [-0.2, -0.15) is 0 Å². The van der Waals surface area contributed by atoms with Crippen molar-refractivity contribution >= 4 is 6.21 Å². The lowest BCUT2D eigenvalue weighted by Gasteiger charge is -2.34. The number of nitrogens with zero attached hydrogens (tertiary/aromatic N) is 1. The zero-order valence-corrected chi connectivity index (χ0v) is 14.3. The lowest BCUT2D eigenvalue weighted by atomic mass is 9.69. The molecular weight excluding hydrogens is 358 g/mol. The number of halogens is 1. The van der Waals surface area contributed by atoms with Gasteiger partial charge in [0.1, 0.15) is 19.7 Å². The molecule has 2 heterocycles. The van der Waals surface area contributed by atoms with E-state index >= 15 is 0 Å². The molecule has 126 valence electrons. The van der Waals surface area contributed by atoms with Crippen LogP contribution >= 0.6 is 0 Å². The second kappa shape index (κ2) is 6.29. The molecule has 1 aliphatic carbocycles. The fourth-order valence-electron chi connectivity index (χ4n) is 3.92. The van der Waals surface area contributed by atoms with Crippen molar-refractivity contribution in [3.8, 4) is 11.5 Å². The maximum Gasteiger partial charge on any atom is 0.170 e. The molecule has 2 aliphatic heterocycles. The molecule has 0 aromatic heterocycles. The van der Waals surface area contributed by atoms with Crippen molar-refractivity contribution in [2.45, 2.75) is 37.9 Å². The molecule has 1 spiro atoms. The number of methoxy groups -OCH3 is 1. The molecule has 0 radical (unpaired) electrons. The van der Waals surface area contributed by atoms with Crippen LogP contribution in [0.5, 0.6) is 11.5 Å². The first-order valence-corrected chi connectivity index (χ1v) is 7.45. The average molecular weight is 382 g/mol. The molecule has 4 nitrogen and oxygen atoms in total. The van der Waals surface area contributed by atoms with Crippen LogP contribution in [0.3, 0.4) is 0 Å². The first-order valence-electron chi connectivity index (χ1n) is 7.45. The fourth-order valence-corrected chi connectivity index (χ4v) is 3.92. The third-order valence-corrected chi connectivity index (χ3v) is 4.98. The monoisotopic (exact) mass is 381 g/mol. The Balaban J connectivity index is 0.000000960. The summed E-state index contributed by atoms with van der Waals surface area (Å²) in [6, 6.07) is 4.07. The number of rotatable bonds is 1. The number of hydrogen-bond donors (Lipinski definition) is 1. The van der Waals surface area contributed by atoms with Gasteiger partial charge in [0.2, 0.25) is 0 Å². The third kappa shape index (κ3) is 2.50. The van der Waals surface area contributed by atoms with Crippen molar-refractivity contribution in [1.29, 1.82) is 0 Å². The van der Waals surface area contributed by atoms with E-state index in [1.54, 1.807) is 7.11 Å². The minimum absolute atomic E-state index is 0. The minimum Gasteiger partial charge on any atom is -1.00 e. The molecule has 3 atom stereocenters. The summed E-state index contributed by atoms with van der Waals surface area (Å²) in [7, 11) is 3.78. The molecule has 0 unspecified atom stereocenters. The predicted octanol–water partition coefficient (Wildman–Crippen LogP) is -0.880. The second-order valence-electron chi connectivity index (χ2n) is 6.23. The molecule has 0 saturated carbocycles. The Morgan fingerprint density at radius 3 is 2.91 bits per heavy atom. The van der Waals surface area contributed by atoms with E-state index in [-0.39, 0.29) is 35.9 Å². The van der Waals surface area contributed by atoms with Crippen LogP contribution in [0.4, 0.5) is 0 Å². The van der Waals surface area contributed by atoms with Gasteiger partial charge in [0, 0.05) is 24.0 Å². The summed E-state index contributed by atoms with van der Waals surface area (Å²) in [5.41, 5.74) is 2.27. The standard InChI is InChI=1S/C17H20NO3.CH4.BrH/c1-18-8-7-17-6-5-12(19)9-14(17)21-16-13(20-2)4-3-11(10-18)15(16)17;;/h3-6,10,12,14,19H,7-9H2,1-2H3;1H4;1H/q+1;;/p-1/t12-,14-,17-;;/m0../s1. The molecule has 0 amide bonds. The molecule has 0 saturated heterocycles. The maximum atomic E-state index is 9.97. The van der Waals surface area contributed by atoms with Gasteiger partial charge in [-0.3, -0.25) is 0 Å². The zero-order valence-electron chi connectivity index (χ0n) is 12.8. The van der Waals surface area contributed by atoms with Gasteiger partial charge < -0.3 is 31.6 Å². The van der Waals surface area contributed by atoms with Crippen LogP contribution < -0.4 is 26.5 Å². The molecule has 0 fully saturated rings. The predicted molar refractivity (Wildman–Crippen MR) is 86.4 cm³/mol. The Labute approximate surface area is 148 Å². The summed E-state index contributed by atoms with van der Waals surface area (Å²) < 4.78 is 13.9. The summed E-state index contributed by atoms with van der Waals surface area (Å²) in [5, 5.41) is 9.97. The fraction of sp³-hybridized carbons (Fsp3) is 0.500. The molecule has 0 bridgehead atoms. The van der Waals surface area contributed by atoms with E-state index < -0.39 is 6.10 Å². The van der Waals surface area contributed by atoms with E-state index in [1.165, 1.54) is 11.1 Å². The number of hydrogen-bond acceptors (Lipinski definition) is 3. The van der Waals surface area contributed by atoms with Crippen LogP contribution in [0, 0.1) is 0 Å². The van der Waals surface area contributed by atoms with Crippen molar-refractivity contribution in [2.24, 2.45) is 0 Å². The molecular formula is C18H24BrNO3. The molecule has 23 heavy (non-hydrogen) atoms.